The van der Waals surface area contributed by atoms with E-state index in [1.165, 1.54) is 5.69 Å². The van der Waals surface area contributed by atoms with Gasteiger partial charge >= 0.3 is 0 Å². The Labute approximate surface area is 172 Å². The molecule has 0 saturated carbocycles. The third-order valence-corrected chi connectivity index (χ3v) is 5.54. The van der Waals surface area contributed by atoms with Crippen molar-refractivity contribution in [2.24, 2.45) is 0 Å². The molecule has 1 aromatic carbocycles. The molecule has 152 valence electrons. The number of aryl methyl sites for hydroxylation is 1. The van der Waals surface area contributed by atoms with Crippen molar-refractivity contribution in [1.82, 2.24) is 19.8 Å². The average Bonchev–Trinajstić information content (AvgIpc) is 3.14. The minimum atomic E-state index is -0.329. The van der Waals surface area contributed by atoms with E-state index in [-0.39, 0.29) is 11.4 Å². The summed E-state index contributed by atoms with van der Waals surface area (Å²) < 4.78 is 1.81. The topological polar surface area (TPSA) is 52.9 Å². The molecule has 6 nitrogen and oxygen atoms in total. The predicted octanol–water partition coefficient (Wildman–Crippen LogP) is 2.97. The van der Waals surface area contributed by atoms with Crippen molar-refractivity contribution >= 4 is 17.1 Å². The molecular formula is C23H29N5O. The van der Waals surface area contributed by atoms with Gasteiger partial charge in [0.05, 0.1) is 17.3 Å². The van der Waals surface area contributed by atoms with Gasteiger partial charge in [-0.15, -0.1) is 0 Å². The average molecular weight is 392 g/mol. The second-order valence-corrected chi connectivity index (χ2v) is 8.46. The number of anilines is 1. The highest BCUT2D eigenvalue weighted by Gasteiger charge is 2.27. The van der Waals surface area contributed by atoms with Crippen LogP contribution in [0.1, 0.15) is 29.9 Å². The Balaban J connectivity index is 1.36. The number of benzene rings is 1. The Kier molecular flexibility index (Phi) is 5.28. The van der Waals surface area contributed by atoms with Crippen LogP contribution in [0.2, 0.25) is 0 Å². The fourth-order valence-electron chi connectivity index (χ4n) is 4.10. The summed E-state index contributed by atoms with van der Waals surface area (Å²) in [6.45, 7) is 11.0. The van der Waals surface area contributed by atoms with Crippen LogP contribution in [0.4, 0.5) is 5.69 Å². The number of hydrogen-bond donors (Lipinski definition) is 1. The maximum Gasteiger partial charge on any atom is 0.255 e. The molecule has 0 spiro atoms. The second kappa shape index (κ2) is 7.87. The van der Waals surface area contributed by atoms with Gasteiger partial charge in [-0.1, -0.05) is 24.3 Å². The zero-order valence-electron chi connectivity index (χ0n) is 17.4. The molecule has 1 aliphatic heterocycles. The second-order valence-electron chi connectivity index (χ2n) is 8.46. The van der Waals surface area contributed by atoms with Crippen LogP contribution in [0.15, 0.2) is 54.7 Å². The molecule has 1 amide bonds. The van der Waals surface area contributed by atoms with Crippen LogP contribution in [0.5, 0.6) is 0 Å². The first-order chi connectivity index (χ1) is 13.9. The van der Waals surface area contributed by atoms with Crippen LogP contribution >= 0.6 is 0 Å². The summed E-state index contributed by atoms with van der Waals surface area (Å²) in [5, 5.41) is 7.57. The lowest BCUT2D eigenvalue weighted by atomic mass is 10.0. The maximum atomic E-state index is 12.9. The molecule has 1 aliphatic rings. The van der Waals surface area contributed by atoms with E-state index in [4.69, 9.17) is 0 Å². The number of carbonyl (C=O) groups is 1. The molecule has 3 heterocycles. The van der Waals surface area contributed by atoms with Crippen molar-refractivity contribution in [2.75, 3.05) is 37.6 Å². The van der Waals surface area contributed by atoms with Crippen molar-refractivity contribution < 1.29 is 4.79 Å². The normalized spacial score (nSPS) is 15.6. The monoisotopic (exact) mass is 391 g/mol. The first kappa shape index (κ1) is 19.5. The fraction of sp³-hybridized carbons (Fsp3) is 0.391. The van der Waals surface area contributed by atoms with E-state index in [1.807, 2.05) is 29.6 Å². The summed E-state index contributed by atoms with van der Waals surface area (Å²) in [4.78, 5) is 17.8. The van der Waals surface area contributed by atoms with E-state index in [9.17, 15) is 4.79 Å². The van der Waals surface area contributed by atoms with Crippen molar-refractivity contribution in [1.29, 1.82) is 0 Å². The Morgan fingerprint density at radius 1 is 1.03 bits per heavy atom. The number of carbonyl (C=O) groups excluding carboxylic acids is 1. The highest BCUT2D eigenvalue weighted by Crippen LogP contribution is 2.18. The molecule has 6 heteroatoms. The molecular weight excluding hydrogens is 362 g/mol. The molecule has 4 rings (SSSR count). The zero-order chi connectivity index (χ0) is 20.4. The molecule has 0 aliphatic carbocycles. The van der Waals surface area contributed by atoms with Gasteiger partial charge in [0.2, 0.25) is 0 Å². The van der Waals surface area contributed by atoms with E-state index in [1.54, 1.807) is 6.20 Å². The molecule has 0 atom stereocenters. The number of para-hydroxylation sites is 1. The lowest BCUT2D eigenvalue weighted by Gasteiger charge is -2.40. The minimum absolute atomic E-state index is 0.0708. The van der Waals surface area contributed by atoms with Gasteiger partial charge in [0.25, 0.3) is 5.91 Å². The van der Waals surface area contributed by atoms with Gasteiger partial charge in [-0.2, -0.15) is 5.10 Å². The molecule has 3 aromatic rings. The summed E-state index contributed by atoms with van der Waals surface area (Å²) in [7, 11) is 0. The molecule has 0 unspecified atom stereocenters. The Bertz CT molecular complexity index is 987. The van der Waals surface area contributed by atoms with Gasteiger partial charge in [0.15, 0.2) is 0 Å². The predicted molar refractivity (Wildman–Crippen MR) is 117 cm³/mol. The van der Waals surface area contributed by atoms with Crippen LogP contribution in [-0.2, 0) is 0 Å². The van der Waals surface area contributed by atoms with E-state index < -0.39 is 0 Å². The number of nitrogens with one attached hydrogen (secondary N) is 1. The third-order valence-electron chi connectivity index (χ3n) is 5.54. The highest BCUT2D eigenvalue weighted by atomic mass is 16.1. The third kappa shape index (κ3) is 4.27. The van der Waals surface area contributed by atoms with Crippen LogP contribution < -0.4 is 10.2 Å². The maximum absolute atomic E-state index is 12.9. The molecule has 29 heavy (non-hydrogen) atoms. The zero-order valence-corrected chi connectivity index (χ0v) is 17.4. The fourth-order valence-corrected chi connectivity index (χ4v) is 4.10. The number of rotatable bonds is 5. The van der Waals surface area contributed by atoms with Crippen LogP contribution in [0.25, 0.3) is 5.52 Å². The molecule has 1 N–H and O–H groups in total. The summed E-state index contributed by atoms with van der Waals surface area (Å²) in [6.07, 6.45) is 1.66. The quantitative estimate of drug-likeness (QED) is 0.727. The lowest BCUT2D eigenvalue weighted by Crippen LogP contribution is -2.55. The standard InChI is InChI=1S/C23H29N5O/c1-18-8-7-11-21-20(16-24-28(18)21)22(29)25-23(2,3)17-26-12-14-27(15-13-26)19-9-5-4-6-10-19/h4-11,16H,12-15,17H2,1-3H3,(H,25,29). The van der Waals surface area contributed by atoms with Crippen LogP contribution in [0, 0.1) is 6.92 Å². The Morgan fingerprint density at radius 3 is 2.48 bits per heavy atom. The Hall–Kier alpha value is -2.86. The van der Waals surface area contributed by atoms with Crippen molar-refractivity contribution in [3.05, 3.63) is 66.0 Å². The number of nitrogens with zero attached hydrogens (tertiary/aromatic N) is 4. The summed E-state index contributed by atoms with van der Waals surface area (Å²) >= 11 is 0. The SMILES string of the molecule is Cc1cccc2c(C(=O)NC(C)(C)CN3CCN(c4ccccc4)CC3)cnn12. The largest absolute Gasteiger partial charge is 0.369 e. The summed E-state index contributed by atoms with van der Waals surface area (Å²) in [5.74, 6) is -0.0708. The number of amides is 1. The smallest absolute Gasteiger partial charge is 0.255 e. The molecule has 1 fully saturated rings. The van der Waals surface area contributed by atoms with E-state index in [0.717, 1.165) is 43.9 Å². The molecule has 0 radical (unpaired) electrons. The van der Waals surface area contributed by atoms with Crippen molar-refractivity contribution in [3.63, 3.8) is 0 Å². The number of hydrogen-bond acceptors (Lipinski definition) is 4. The minimum Gasteiger partial charge on any atom is -0.369 e. The van der Waals surface area contributed by atoms with Gasteiger partial charge in [-0.3, -0.25) is 9.69 Å². The summed E-state index contributed by atoms with van der Waals surface area (Å²) in [5.41, 5.74) is 3.43. The van der Waals surface area contributed by atoms with Gasteiger partial charge in [0.1, 0.15) is 0 Å². The van der Waals surface area contributed by atoms with E-state index >= 15 is 0 Å². The van der Waals surface area contributed by atoms with Crippen LogP contribution in [0.3, 0.4) is 0 Å². The van der Waals surface area contributed by atoms with E-state index in [0.29, 0.717) is 5.56 Å². The molecule has 2 aromatic heterocycles. The Morgan fingerprint density at radius 2 is 1.76 bits per heavy atom. The number of fused-ring (bicyclic) bond motifs is 1. The van der Waals surface area contributed by atoms with E-state index in [2.05, 4.69) is 64.4 Å². The molecule has 1 saturated heterocycles. The first-order valence-electron chi connectivity index (χ1n) is 10.2. The van der Waals surface area contributed by atoms with Gasteiger partial charge in [-0.05, 0) is 45.0 Å². The van der Waals surface area contributed by atoms with Gasteiger partial charge < -0.3 is 10.2 Å². The number of pyridine rings is 1. The molecule has 0 bridgehead atoms. The van der Waals surface area contributed by atoms with Gasteiger partial charge in [0, 0.05) is 49.6 Å². The van der Waals surface area contributed by atoms with Crippen molar-refractivity contribution in [3.8, 4) is 0 Å². The van der Waals surface area contributed by atoms with Gasteiger partial charge in [-0.25, -0.2) is 4.52 Å². The van der Waals surface area contributed by atoms with Crippen molar-refractivity contribution in [2.45, 2.75) is 26.3 Å². The van der Waals surface area contributed by atoms with Crippen LogP contribution in [-0.4, -0.2) is 58.7 Å². The number of aromatic nitrogens is 2. The lowest BCUT2D eigenvalue weighted by molar-refractivity contribution is 0.0886. The summed E-state index contributed by atoms with van der Waals surface area (Å²) in [6, 6.07) is 16.4. The number of piperazine rings is 1. The highest BCUT2D eigenvalue weighted by molar-refractivity contribution is 6.01. The first-order valence-corrected chi connectivity index (χ1v) is 10.2.